The van der Waals surface area contributed by atoms with Crippen molar-refractivity contribution >= 4 is 51.7 Å². The largest absolute Gasteiger partial charge is 0.478 e. The minimum atomic E-state index is -1.08. The number of carboxylic acids is 1. The van der Waals surface area contributed by atoms with Gasteiger partial charge in [0.15, 0.2) is 0 Å². The minimum Gasteiger partial charge on any atom is -0.478 e. The van der Waals surface area contributed by atoms with Gasteiger partial charge in [0, 0.05) is 27.2 Å². The van der Waals surface area contributed by atoms with Crippen LogP contribution in [-0.2, 0) is 4.79 Å². The van der Waals surface area contributed by atoms with Crippen molar-refractivity contribution in [3.8, 4) is 0 Å². The number of aromatic carboxylic acids is 1. The summed E-state index contributed by atoms with van der Waals surface area (Å²) in [5, 5.41) is 16.4. The minimum absolute atomic E-state index is 0.0825. The van der Waals surface area contributed by atoms with E-state index >= 15 is 0 Å². The summed E-state index contributed by atoms with van der Waals surface area (Å²) in [5.74, 6) is -0.880. The number of rotatable bonds is 8. The van der Waals surface area contributed by atoms with Crippen molar-refractivity contribution in [2.75, 3.05) is 16.4 Å². The van der Waals surface area contributed by atoms with Crippen molar-refractivity contribution in [3.05, 3.63) is 102 Å². The fraction of sp³-hybridized carbons (Fsp3) is 0.138. The molecule has 2 amide bonds. The Morgan fingerprint density at radius 3 is 1.97 bits per heavy atom. The first-order chi connectivity index (χ1) is 17.3. The number of fused-ring (bicyclic) bond motifs is 1. The number of anilines is 2. The highest BCUT2D eigenvalue weighted by atomic mass is 32.2. The number of benzene rings is 4. The summed E-state index contributed by atoms with van der Waals surface area (Å²) in [6, 6.07) is 25.1. The van der Waals surface area contributed by atoms with E-state index < -0.39 is 11.9 Å². The molecule has 0 bridgehead atoms. The predicted octanol–water partition coefficient (Wildman–Crippen LogP) is 6.64. The number of carboxylic acid groups (broad SMARTS) is 1. The van der Waals surface area contributed by atoms with Crippen molar-refractivity contribution < 1.29 is 19.5 Å². The normalized spacial score (nSPS) is 10.9. The second-order valence-corrected chi connectivity index (χ2v) is 9.66. The Morgan fingerprint density at radius 2 is 1.36 bits per heavy atom. The van der Waals surface area contributed by atoms with E-state index in [0.717, 1.165) is 10.6 Å². The van der Waals surface area contributed by atoms with Gasteiger partial charge in [-0.25, -0.2) is 4.79 Å². The molecule has 36 heavy (non-hydrogen) atoms. The van der Waals surface area contributed by atoms with Crippen molar-refractivity contribution in [1.82, 2.24) is 0 Å². The third kappa shape index (κ3) is 5.93. The molecule has 0 unspecified atom stereocenters. The smallest absolute Gasteiger partial charge is 0.336 e. The maximum Gasteiger partial charge on any atom is 0.336 e. The lowest BCUT2D eigenvalue weighted by Crippen LogP contribution is -2.14. The first kappa shape index (κ1) is 25.0. The predicted molar refractivity (Wildman–Crippen MR) is 145 cm³/mol. The van der Waals surface area contributed by atoms with E-state index in [1.165, 1.54) is 23.4 Å². The Labute approximate surface area is 213 Å². The second-order valence-electron chi connectivity index (χ2n) is 8.61. The molecule has 4 aromatic carbocycles. The molecule has 0 aromatic heterocycles. The van der Waals surface area contributed by atoms with Gasteiger partial charge in [0.1, 0.15) is 0 Å². The van der Waals surface area contributed by atoms with Gasteiger partial charge in [-0.1, -0.05) is 50.2 Å². The van der Waals surface area contributed by atoms with Crippen LogP contribution in [0.4, 0.5) is 11.4 Å². The van der Waals surface area contributed by atoms with Crippen LogP contribution in [0.15, 0.2) is 89.8 Å². The lowest BCUT2D eigenvalue weighted by atomic mass is 9.98. The summed E-state index contributed by atoms with van der Waals surface area (Å²) in [7, 11) is 0. The molecule has 0 heterocycles. The lowest BCUT2D eigenvalue weighted by molar-refractivity contribution is -0.113. The fourth-order valence-electron chi connectivity index (χ4n) is 3.84. The molecule has 182 valence electrons. The molecule has 0 aliphatic rings. The average Bonchev–Trinajstić information content (AvgIpc) is 2.87. The van der Waals surface area contributed by atoms with Gasteiger partial charge in [0.05, 0.1) is 11.3 Å². The molecule has 0 aliphatic heterocycles. The van der Waals surface area contributed by atoms with Crippen LogP contribution in [0.25, 0.3) is 10.8 Å². The molecule has 0 radical (unpaired) electrons. The number of carbonyl (C=O) groups is 3. The number of carbonyl (C=O) groups excluding carboxylic acids is 2. The summed E-state index contributed by atoms with van der Waals surface area (Å²) in [6.45, 7) is 4.25. The van der Waals surface area contributed by atoms with Crippen LogP contribution in [0, 0.1) is 0 Å². The molecule has 6 nitrogen and oxygen atoms in total. The first-order valence-corrected chi connectivity index (χ1v) is 12.5. The van der Waals surface area contributed by atoms with Gasteiger partial charge in [-0.3, -0.25) is 9.59 Å². The maximum absolute atomic E-state index is 13.0. The summed E-state index contributed by atoms with van der Waals surface area (Å²) in [4.78, 5) is 37.9. The summed E-state index contributed by atoms with van der Waals surface area (Å²) < 4.78 is 0. The number of thioether (sulfide) groups is 1. The molecule has 0 aliphatic carbocycles. The lowest BCUT2D eigenvalue weighted by Gasteiger charge is -2.11. The van der Waals surface area contributed by atoms with Crippen molar-refractivity contribution in [2.45, 2.75) is 24.7 Å². The van der Waals surface area contributed by atoms with E-state index in [1.807, 2.05) is 36.4 Å². The van der Waals surface area contributed by atoms with Crippen LogP contribution >= 0.6 is 11.8 Å². The molecule has 0 fully saturated rings. The molecule has 7 heteroatoms. The fourth-order valence-corrected chi connectivity index (χ4v) is 4.54. The molecule has 0 atom stereocenters. The molecule has 0 saturated carbocycles. The summed E-state index contributed by atoms with van der Waals surface area (Å²) >= 11 is 1.40. The van der Waals surface area contributed by atoms with E-state index in [2.05, 4.69) is 24.5 Å². The van der Waals surface area contributed by atoms with Crippen LogP contribution in [0.5, 0.6) is 0 Å². The molecule has 3 N–H and O–H groups in total. The van der Waals surface area contributed by atoms with Gasteiger partial charge in [0.25, 0.3) is 5.91 Å². The highest BCUT2D eigenvalue weighted by Crippen LogP contribution is 2.26. The first-order valence-electron chi connectivity index (χ1n) is 11.5. The van der Waals surface area contributed by atoms with Crippen LogP contribution < -0.4 is 10.6 Å². The van der Waals surface area contributed by atoms with Crippen molar-refractivity contribution in [2.24, 2.45) is 0 Å². The van der Waals surface area contributed by atoms with Gasteiger partial charge in [-0.05, 0) is 65.4 Å². The Hall–Kier alpha value is -4.10. The summed E-state index contributed by atoms with van der Waals surface area (Å²) in [6.07, 6.45) is 0. The number of nitrogens with one attached hydrogen (secondary N) is 2. The van der Waals surface area contributed by atoms with Gasteiger partial charge in [-0.2, -0.15) is 0 Å². The van der Waals surface area contributed by atoms with Crippen molar-refractivity contribution in [3.63, 3.8) is 0 Å². The molecule has 0 spiro atoms. The molecule has 4 aromatic rings. The number of hydrogen-bond donors (Lipinski definition) is 3. The zero-order valence-electron chi connectivity index (χ0n) is 19.9. The van der Waals surface area contributed by atoms with Gasteiger partial charge in [0.2, 0.25) is 5.91 Å². The molecule has 4 rings (SSSR count). The SMILES string of the molecule is CC(C)c1ccc(NC(=O)CSc2ccc(NC(=O)c3cccc4cccc(C(=O)O)c34)cc2)cc1. The van der Waals surface area contributed by atoms with Crippen LogP contribution in [-0.4, -0.2) is 28.6 Å². The zero-order chi connectivity index (χ0) is 25.7. The monoisotopic (exact) mass is 498 g/mol. The van der Waals surface area contributed by atoms with Crippen LogP contribution in [0.3, 0.4) is 0 Å². The topological polar surface area (TPSA) is 95.5 Å². The Kier molecular flexibility index (Phi) is 7.71. The van der Waals surface area contributed by atoms with Gasteiger partial charge in [-0.15, -0.1) is 11.8 Å². The van der Waals surface area contributed by atoms with Gasteiger partial charge < -0.3 is 15.7 Å². The number of hydrogen-bond acceptors (Lipinski definition) is 4. The van der Waals surface area contributed by atoms with Crippen LogP contribution in [0.2, 0.25) is 0 Å². The second kappa shape index (κ2) is 11.1. The van der Waals surface area contributed by atoms with E-state index in [9.17, 15) is 19.5 Å². The molecular weight excluding hydrogens is 472 g/mol. The Bertz CT molecular complexity index is 1410. The van der Waals surface area contributed by atoms with E-state index in [1.54, 1.807) is 42.5 Å². The quantitative estimate of drug-likeness (QED) is 0.237. The number of amides is 2. The van der Waals surface area contributed by atoms with E-state index in [-0.39, 0.29) is 17.2 Å². The maximum atomic E-state index is 13.0. The van der Waals surface area contributed by atoms with Crippen LogP contribution in [0.1, 0.15) is 46.0 Å². The standard InChI is InChI=1S/C29H26N2O4S/c1-18(2)19-9-11-21(12-10-19)30-26(32)17-36-23-15-13-22(14-16-23)31-28(33)24-7-3-5-20-6-4-8-25(27(20)24)29(34)35/h3-16,18H,17H2,1-2H3,(H,30,32)(H,31,33)(H,34,35). The highest BCUT2D eigenvalue weighted by Gasteiger charge is 2.16. The Balaban J connectivity index is 1.37. The molecular formula is C29H26N2O4S. The Morgan fingerprint density at radius 1 is 0.778 bits per heavy atom. The van der Waals surface area contributed by atoms with E-state index in [0.29, 0.717) is 27.9 Å². The average molecular weight is 499 g/mol. The highest BCUT2D eigenvalue weighted by molar-refractivity contribution is 8.00. The summed E-state index contributed by atoms with van der Waals surface area (Å²) in [5.41, 5.74) is 2.94. The van der Waals surface area contributed by atoms with Gasteiger partial charge >= 0.3 is 5.97 Å². The third-order valence-corrected chi connectivity index (χ3v) is 6.73. The molecule has 0 saturated heterocycles. The third-order valence-electron chi connectivity index (χ3n) is 5.72. The zero-order valence-corrected chi connectivity index (χ0v) is 20.8. The van der Waals surface area contributed by atoms with Crippen molar-refractivity contribution in [1.29, 1.82) is 0 Å². The van der Waals surface area contributed by atoms with E-state index in [4.69, 9.17) is 0 Å².